The summed E-state index contributed by atoms with van der Waals surface area (Å²) in [6.07, 6.45) is 2.12. The van der Waals surface area contributed by atoms with E-state index in [2.05, 4.69) is 40.3 Å². The Morgan fingerprint density at radius 3 is 2.71 bits per heavy atom. The number of aryl methyl sites for hydroxylation is 1. The molecule has 0 saturated carbocycles. The van der Waals surface area contributed by atoms with E-state index in [1.807, 2.05) is 43.3 Å². The second-order valence-corrected chi connectivity index (χ2v) is 8.31. The molecule has 2 heterocycles. The number of hydrogen-bond acceptors (Lipinski definition) is 3. The van der Waals surface area contributed by atoms with Gasteiger partial charge in [0.1, 0.15) is 0 Å². The van der Waals surface area contributed by atoms with Crippen LogP contribution in [0.5, 0.6) is 0 Å². The highest BCUT2D eigenvalue weighted by atomic mass is 79.9. The maximum absolute atomic E-state index is 13.2. The van der Waals surface area contributed by atoms with Gasteiger partial charge in [-0.1, -0.05) is 45.8 Å². The van der Waals surface area contributed by atoms with Crippen molar-refractivity contribution in [3.63, 3.8) is 0 Å². The van der Waals surface area contributed by atoms with Gasteiger partial charge in [0, 0.05) is 22.0 Å². The van der Waals surface area contributed by atoms with Gasteiger partial charge in [0.05, 0.1) is 28.9 Å². The van der Waals surface area contributed by atoms with Crippen molar-refractivity contribution in [1.29, 1.82) is 0 Å². The summed E-state index contributed by atoms with van der Waals surface area (Å²) in [5, 5.41) is 3.97. The molecule has 0 unspecified atom stereocenters. The highest BCUT2D eigenvalue weighted by molar-refractivity contribution is 9.10. The highest BCUT2D eigenvalue weighted by Crippen LogP contribution is 2.28. The number of halogens is 1. The molecule has 0 spiro atoms. The molecule has 144 valence electrons. The van der Waals surface area contributed by atoms with Crippen LogP contribution in [0.2, 0.25) is 0 Å². The first-order valence-electron chi connectivity index (χ1n) is 9.61. The van der Waals surface area contributed by atoms with Crippen LogP contribution in [-0.4, -0.2) is 29.6 Å². The molecule has 1 aliphatic heterocycles. The lowest BCUT2D eigenvalue weighted by Crippen LogP contribution is -2.40. The predicted molar refractivity (Wildman–Crippen MR) is 116 cm³/mol. The number of hydrogen-bond donors (Lipinski definition) is 1. The zero-order valence-corrected chi connectivity index (χ0v) is 17.6. The van der Waals surface area contributed by atoms with Gasteiger partial charge in [0.15, 0.2) is 0 Å². The van der Waals surface area contributed by atoms with E-state index in [0.717, 1.165) is 46.1 Å². The van der Waals surface area contributed by atoms with Crippen LogP contribution in [0.25, 0.3) is 22.2 Å². The standard InChI is InChI=1S/C23H23BrN2O2/c1-14-5-7-16(8-6-14)21-13-19(18-12-17(24)9-10-20(18)26-21)23(27)25-15(2)22-4-3-11-28-22/h5-10,12-13,15,22H,3-4,11H2,1-2H3,(H,25,27)/t15-,22+/m0/s1. The summed E-state index contributed by atoms with van der Waals surface area (Å²) >= 11 is 3.51. The van der Waals surface area contributed by atoms with Crippen molar-refractivity contribution in [3.8, 4) is 11.3 Å². The molecule has 0 bridgehead atoms. The summed E-state index contributed by atoms with van der Waals surface area (Å²) in [6, 6.07) is 15.9. The molecule has 0 aliphatic carbocycles. The van der Waals surface area contributed by atoms with Crippen molar-refractivity contribution < 1.29 is 9.53 Å². The van der Waals surface area contributed by atoms with E-state index >= 15 is 0 Å². The van der Waals surface area contributed by atoms with Crippen LogP contribution in [0.1, 0.15) is 35.7 Å². The Morgan fingerprint density at radius 1 is 1.21 bits per heavy atom. The third-order valence-electron chi connectivity index (χ3n) is 5.24. The monoisotopic (exact) mass is 438 g/mol. The van der Waals surface area contributed by atoms with Crippen LogP contribution >= 0.6 is 15.9 Å². The lowest BCUT2D eigenvalue weighted by atomic mass is 10.0. The third-order valence-corrected chi connectivity index (χ3v) is 5.74. The molecular weight excluding hydrogens is 416 g/mol. The van der Waals surface area contributed by atoms with E-state index in [1.54, 1.807) is 0 Å². The Hall–Kier alpha value is -2.24. The summed E-state index contributed by atoms with van der Waals surface area (Å²) in [7, 11) is 0. The molecule has 1 N–H and O–H groups in total. The number of ether oxygens (including phenoxy) is 1. The summed E-state index contributed by atoms with van der Waals surface area (Å²) in [5.41, 5.74) is 4.42. The Bertz CT molecular complexity index is 1010. The molecule has 0 radical (unpaired) electrons. The zero-order valence-electron chi connectivity index (χ0n) is 16.0. The number of nitrogens with zero attached hydrogens (tertiary/aromatic N) is 1. The minimum Gasteiger partial charge on any atom is -0.376 e. The molecule has 1 fully saturated rings. The van der Waals surface area contributed by atoms with Crippen LogP contribution in [0.3, 0.4) is 0 Å². The Labute approximate surface area is 173 Å². The Kier molecular flexibility index (Phi) is 5.47. The topological polar surface area (TPSA) is 51.2 Å². The van der Waals surface area contributed by atoms with Crippen molar-refractivity contribution in [1.82, 2.24) is 10.3 Å². The van der Waals surface area contributed by atoms with Crippen LogP contribution in [0.4, 0.5) is 0 Å². The maximum atomic E-state index is 13.2. The second-order valence-electron chi connectivity index (χ2n) is 7.40. The SMILES string of the molecule is Cc1ccc(-c2cc(C(=O)N[C@@H](C)[C@H]3CCCO3)c3cc(Br)ccc3n2)cc1. The summed E-state index contributed by atoms with van der Waals surface area (Å²) < 4.78 is 6.65. The minimum absolute atomic E-state index is 0.0341. The van der Waals surface area contributed by atoms with Crippen molar-refractivity contribution >= 4 is 32.7 Å². The number of rotatable bonds is 4. The van der Waals surface area contributed by atoms with Gasteiger partial charge in [-0.2, -0.15) is 0 Å². The van der Waals surface area contributed by atoms with E-state index in [-0.39, 0.29) is 18.1 Å². The average Bonchev–Trinajstić information content (AvgIpc) is 3.22. The van der Waals surface area contributed by atoms with Crippen LogP contribution in [0.15, 0.2) is 53.0 Å². The fourth-order valence-corrected chi connectivity index (χ4v) is 3.99. The lowest BCUT2D eigenvalue weighted by Gasteiger charge is -2.20. The number of benzene rings is 2. The smallest absolute Gasteiger partial charge is 0.252 e. The summed E-state index contributed by atoms with van der Waals surface area (Å²) in [4.78, 5) is 18.0. The first-order valence-corrected chi connectivity index (χ1v) is 10.4. The normalized spacial score (nSPS) is 17.6. The number of nitrogens with one attached hydrogen (secondary N) is 1. The van der Waals surface area contributed by atoms with Gasteiger partial charge in [-0.05, 0) is 51.0 Å². The first kappa shape index (κ1) is 19.1. The van der Waals surface area contributed by atoms with Crippen molar-refractivity contribution in [2.24, 2.45) is 0 Å². The van der Waals surface area contributed by atoms with Gasteiger partial charge in [0.25, 0.3) is 5.91 Å². The van der Waals surface area contributed by atoms with Crippen molar-refractivity contribution in [2.45, 2.75) is 38.8 Å². The van der Waals surface area contributed by atoms with Crippen LogP contribution < -0.4 is 5.32 Å². The molecule has 1 amide bonds. The van der Waals surface area contributed by atoms with Crippen molar-refractivity contribution in [3.05, 3.63) is 64.1 Å². The molecule has 4 rings (SSSR count). The molecule has 2 atom stereocenters. The van der Waals surface area contributed by atoms with Gasteiger partial charge in [-0.25, -0.2) is 4.98 Å². The summed E-state index contributed by atoms with van der Waals surface area (Å²) in [6.45, 7) is 4.84. The molecular formula is C23H23BrN2O2. The largest absolute Gasteiger partial charge is 0.376 e. The molecule has 1 aliphatic rings. The van der Waals surface area contributed by atoms with Gasteiger partial charge in [-0.15, -0.1) is 0 Å². The molecule has 5 heteroatoms. The zero-order chi connectivity index (χ0) is 19.7. The quantitative estimate of drug-likeness (QED) is 0.603. The number of pyridine rings is 1. The van der Waals surface area contributed by atoms with Crippen LogP contribution in [0, 0.1) is 6.92 Å². The Balaban J connectivity index is 1.75. The maximum Gasteiger partial charge on any atom is 0.252 e. The molecule has 2 aromatic carbocycles. The van der Waals surface area contributed by atoms with Gasteiger partial charge in [-0.3, -0.25) is 4.79 Å². The van der Waals surface area contributed by atoms with Gasteiger partial charge >= 0.3 is 0 Å². The molecule has 3 aromatic rings. The van der Waals surface area contributed by atoms with E-state index in [0.29, 0.717) is 5.56 Å². The number of amides is 1. The third kappa shape index (κ3) is 3.96. The number of carbonyl (C=O) groups is 1. The van der Waals surface area contributed by atoms with E-state index in [4.69, 9.17) is 9.72 Å². The molecule has 1 saturated heterocycles. The summed E-state index contributed by atoms with van der Waals surface area (Å²) in [5.74, 6) is -0.0955. The first-order chi connectivity index (χ1) is 13.5. The van der Waals surface area contributed by atoms with Gasteiger partial charge < -0.3 is 10.1 Å². The minimum atomic E-state index is -0.0955. The fraction of sp³-hybridized carbons (Fsp3) is 0.304. The highest BCUT2D eigenvalue weighted by Gasteiger charge is 2.25. The van der Waals surface area contributed by atoms with E-state index in [1.165, 1.54) is 5.56 Å². The Morgan fingerprint density at radius 2 is 2.00 bits per heavy atom. The second kappa shape index (κ2) is 8.02. The van der Waals surface area contributed by atoms with Crippen molar-refractivity contribution in [2.75, 3.05) is 6.61 Å². The lowest BCUT2D eigenvalue weighted by molar-refractivity contribution is 0.0713. The van der Waals surface area contributed by atoms with E-state index in [9.17, 15) is 4.79 Å². The fourth-order valence-electron chi connectivity index (χ4n) is 3.63. The van der Waals surface area contributed by atoms with E-state index < -0.39 is 0 Å². The van der Waals surface area contributed by atoms with Crippen LogP contribution in [-0.2, 0) is 4.74 Å². The average molecular weight is 439 g/mol. The molecule has 4 nitrogen and oxygen atoms in total. The molecule has 1 aromatic heterocycles. The number of carbonyl (C=O) groups excluding carboxylic acids is 1. The predicted octanol–water partition coefficient (Wildman–Crippen LogP) is 5.27. The number of fused-ring (bicyclic) bond motifs is 1. The molecule has 28 heavy (non-hydrogen) atoms. The number of aromatic nitrogens is 1. The van der Waals surface area contributed by atoms with Gasteiger partial charge in [0.2, 0.25) is 0 Å².